The van der Waals surface area contributed by atoms with Gasteiger partial charge in [0.25, 0.3) is 0 Å². The van der Waals surface area contributed by atoms with E-state index in [0.717, 1.165) is 24.0 Å². The number of likely N-dealkylation sites (tertiary alicyclic amines) is 2. The van der Waals surface area contributed by atoms with E-state index >= 15 is 4.79 Å². The van der Waals surface area contributed by atoms with Crippen molar-refractivity contribution in [3.05, 3.63) is 64.7 Å². The third-order valence-electron chi connectivity index (χ3n) is 21.8. The number of primary amides is 2. The number of ether oxygens (including phenoxy) is 4. The van der Waals surface area contributed by atoms with E-state index in [1.54, 1.807) is 63.1 Å². The van der Waals surface area contributed by atoms with Crippen molar-refractivity contribution in [1.29, 1.82) is 0 Å². The maximum absolute atomic E-state index is 15.1. The molecule has 1 saturated carbocycles. The van der Waals surface area contributed by atoms with Crippen LogP contribution in [0.15, 0.2) is 42.5 Å². The summed E-state index contributed by atoms with van der Waals surface area (Å²) in [5.41, 5.74) is 13.6. The Hall–Kier alpha value is -8.95. The fraction of sp³-hybridized carbons (Fsp3) is 0.679. The van der Waals surface area contributed by atoms with Crippen LogP contribution in [0.2, 0.25) is 0 Å². The zero-order valence-electron chi connectivity index (χ0n) is 70.1. The molecule has 3 aliphatic rings. The van der Waals surface area contributed by atoms with Crippen LogP contribution in [0.1, 0.15) is 173 Å². The van der Waals surface area contributed by atoms with E-state index in [0.29, 0.717) is 48.3 Å². The first-order valence-corrected chi connectivity index (χ1v) is 40.8. The molecule has 3 fully saturated rings. The number of imide groups is 1. The molecule has 2 aliphatic heterocycles. The zero-order valence-corrected chi connectivity index (χ0v) is 71.0. The molecule has 5 rings (SSSR count). The Morgan fingerprint density at radius 1 is 0.719 bits per heavy atom. The third-order valence-corrected chi connectivity index (χ3v) is 23.3. The van der Waals surface area contributed by atoms with Crippen LogP contribution in [0.3, 0.4) is 0 Å². The number of nitrogens with zero attached hydrogens (tertiary/aromatic N) is 6. The molecule has 10 N–H and O–H groups in total. The van der Waals surface area contributed by atoms with Crippen LogP contribution < -0.4 is 43.4 Å². The quantitative estimate of drug-likeness (QED) is 0.0225. The molecule has 2 heterocycles. The van der Waals surface area contributed by atoms with Crippen LogP contribution >= 0.6 is 11.8 Å². The number of likely N-dealkylation sites (N-methyl/N-ethyl adjacent to an activating group) is 4. The summed E-state index contributed by atoms with van der Waals surface area (Å²) in [7, 11) is 11.1. The lowest BCUT2D eigenvalue weighted by Gasteiger charge is -2.41. The second-order valence-corrected chi connectivity index (χ2v) is 33.4. The molecule has 1 unspecified atom stereocenters. The average Bonchev–Trinajstić information content (AvgIpc) is 1.60. The van der Waals surface area contributed by atoms with Crippen molar-refractivity contribution < 1.29 is 86.1 Å². The van der Waals surface area contributed by atoms with Crippen LogP contribution in [-0.4, -0.2) is 267 Å². The molecule has 0 bridgehead atoms. The predicted octanol–water partition coefficient (Wildman–Crippen LogP) is 5.65. The van der Waals surface area contributed by atoms with Crippen molar-refractivity contribution in [1.82, 2.24) is 56.0 Å². The van der Waals surface area contributed by atoms with Gasteiger partial charge >= 0.3 is 18.2 Å². The first kappa shape index (κ1) is 95.6. The maximum atomic E-state index is 15.1. The van der Waals surface area contributed by atoms with Gasteiger partial charge in [-0.3, -0.25) is 62.5 Å². The Labute approximate surface area is 676 Å². The predicted molar refractivity (Wildman–Crippen MR) is 432 cm³/mol. The molecular formula is C81H128N14O18S. The first-order chi connectivity index (χ1) is 53.7. The van der Waals surface area contributed by atoms with Gasteiger partial charge in [-0.25, -0.2) is 14.4 Å². The van der Waals surface area contributed by atoms with Crippen LogP contribution in [0, 0.1) is 48.9 Å². The lowest BCUT2D eigenvalue weighted by molar-refractivity contribution is -0.148. The minimum Gasteiger partial charge on any atom is -0.445 e. The van der Waals surface area contributed by atoms with Crippen molar-refractivity contribution in [3.8, 4) is 0 Å². The van der Waals surface area contributed by atoms with Crippen LogP contribution in [0.25, 0.3) is 0 Å². The number of ketones is 1. The highest BCUT2D eigenvalue weighted by Crippen LogP contribution is 2.52. The van der Waals surface area contributed by atoms with Gasteiger partial charge in [-0.15, -0.1) is 11.8 Å². The number of amides is 14. The standard InChI is InChI=1S/C81H128N14O18S/c1-19-51(9)70(93(16)77(106)68(48(4)5)89-75(104)69(49(6)7)90(12)13)61(110-17)40-65(99)95-44-56(39-59(95)71(111-18)53(11)72(101)85-43-60(96)57-31-26-50(8)38-52(57)10)113-80(109)92(15)37-36-91(14)79(108)112-45-54-27-29-55(30-28-54)86-73(102)58(24-23-34-84-78(83)107)87-74(103)67(47(2)3)88-64(98)25-21-20-22-35-94-66(100)41-62(76(94)105)114-46-81(32-33-81)42-63(82)97/h26-31,38,47-49,51,53,56,58-59,61-62,67-71H,19-25,32-37,39-46H2,1-18H3,(H2,82,97)(H,85,101)(H,86,102)(H,87,103)(H,88,98)(H,89,104)(H3,83,84,107)/t51-,53+,56-,58-,59-,61+,62?,67-,68-,69-,70-,71+/m0/s1. The van der Waals surface area contributed by atoms with Crippen molar-refractivity contribution >= 4 is 101 Å². The first-order valence-electron chi connectivity index (χ1n) is 39.7. The normalized spacial score (nSPS) is 18.2. The topological polar surface area (TPSA) is 420 Å². The number of unbranched alkanes of at least 4 members (excludes halogenated alkanes) is 2. The Morgan fingerprint density at radius 3 is 1.94 bits per heavy atom. The number of nitrogens with one attached hydrogen (secondary N) is 6. The number of hydrogen-bond acceptors (Lipinski definition) is 20. The fourth-order valence-electron chi connectivity index (χ4n) is 14.7. The summed E-state index contributed by atoms with van der Waals surface area (Å²) < 4.78 is 23.9. The van der Waals surface area contributed by atoms with E-state index in [1.165, 1.54) is 59.7 Å². The molecule has 2 aromatic rings. The molecule has 0 spiro atoms. The maximum Gasteiger partial charge on any atom is 0.409 e. The smallest absolute Gasteiger partial charge is 0.409 e. The van der Waals surface area contributed by atoms with Gasteiger partial charge < -0.3 is 81.9 Å². The monoisotopic (exact) mass is 1620 g/mol. The fourth-order valence-corrected chi connectivity index (χ4v) is 16.2. The number of carbonyl (C=O) groups is 14. The van der Waals surface area contributed by atoms with Crippen LogP contribution in [-0.2, 0) is 73.5 Å². The van der Waals surface area contributed by atoms with Gasteiger partial charge in [0.15, 0.2) is 5.78 Å². The highest BCUT2D eigenvalue weighted by Gasteiger charge is 2.49. The summed E-state index contributed by atoms with van der Waals surface area (Å²) in [5.74, 6) is -5.80. The highest BCUT2D eigenvalue weighted by atomic mass is 32.2. The minimum absolute atomic E-state index is 0.00990. The number of anilines is 1. The van der Waals surface area contributed by atoms with Gasteiger partial charge in [0.1, 0.15) is 30.8 Å². The van der Waals surface area contributed by atoms with Gasteiger partial charge in [0, 0.05) is 104 Å². The van der Waals surface area contributed by atoms with Crippen molar-refractivity contribution in [2.75, 3.05) is 99.8 Å². The minimum atomic E-state index is -1.14. The van der Waals surface area contributed by atoms with Gasteiger partial charge in [-0.1, -0.05) is 111 Å². The van der Waals surface area contributed by atoms with Gasteiger partial charge in [0.2, 0.25) is 59.1 Å². The lowest BCUT2D eigenvalue weighted by Crippen LogP contribution is -2.59. The van der Waals surface area contributed by atoms with Crippen LogP contribution in [0.4, 0.5) is 20.1 Å². The summed E-state index contributed by atoms with van der Waals surface area (Å²) >= 11 is 1.40. The number of nitrogens with two attached hydrogens (primary N) is 2. The Balaban J connectivity index is 1.18. The van der Waals surface area contributed by atoms with E-state index in [2.05, 4.69) is 31.9 Å². The summed E-state index contributed by atoms with van der Waals surface area (Å²) in [6.07, 6.45) is -0.127. The molecular weight excluding hydrogens is 1490 g/mol. The van der Waals surface area contributed by atoms with Crippen molar-refractivity contribution in [2.45, 2.75) is 226 Å². The molecule has 0 aromatic heterocycles. The number of aryl methyl sites for hydroxylation is 2. The van der Waals surface area contributed by atoms with Gasteiger partial charge in [0.05, 0.1) is 61.0 Å². The van der Waals surface area contributed by atoms with E-state index < -0.39 is 119 Å². The number of rotatable bonds is 47. The number of Topliss-reactive ketones (excluding diaryl/α,β-unsaturated/α-hetero) is 1. The van der Waals surface area contributed by atoms with Gasteiger partial charge in [-0.05, 0) is 119 Å². The SMILES string of the molecule is CC[C@H](C)[C@@H]([C@@H](CC(=O)N1C[C@@H](OC(=O)N(C)CCN(C)C(=O)OCc2ccc(NC(=O)[C@H](CCCNC(N)=O)NC(=O)[C@@H](NC(=O)CCCCCN3C(=O)CC(SCC4(CC(N)=O)CC4)C3=O)C(C)C)cc2)C[C@H]1[C@H](OC)[C@@H](C)C(=O)NCC(=O)c1ccc(C)cc1C)OC)N(C)C(=O)[C@@H](NC(=O)[C@H](C(C)C)N(C)C)C(C)C. The Morgan fingerprint density at radius 2 is 1.37 bits per heavy atom. The molecule has 32 nitrogen and oxygen atoms in total. The lowest BCUT2D eigenvalue weighted by atomic mass is 9.89. The molecule has 114 heavy (non-hydrogen) atoms. The molecule has 1 aliphatic carbocycles. The zero-order chi connectivity index (χ0) is 85.2. The van der Waals surface area contributed by atoms with Crippen molar-refractivity contribution in [2.24, 2.45) is 46.5 Å². The molecule has 33 heteroatoms. The third kappa shape index (κ3) is 28.5. The molecule has 2 saturated heterocycles. The van der Waals surface area contributed by atoms with Gasteiger partial charge in [-0.2, -0.15) is 0 Å². The van der Waals surface area contributed by atoms with E-state index in [1.807, 2.05) is 86.5 Å². The van der Waals surface area contributed by atoms with Crippen molar-refractivity contribution in [3.63, 3.8) is 0 Å². The molecule has 12 atom stereocenters. The largest absolute Gasteiger partial charge is 0.445 e. The molecule has 14 amide bonds. The number of benzene rings is 2. The van der Waals surface area contributed by atoms with E-state index in [4.69, 9.17) is 30.4 Å². The van der Waals surface area contributed by atoms with E-state index in [-0.39, 0.29) is 149 Å². The summed E-state index contributed by atoms with van der Waals surface area (Å²) in [5, 5.41) is 16.1. The van der Waals surface area contributed by atoms with E-state index in [9.17, 15) is 62.3 Å². The second kappa shape index (κ2) is 45.4. The average molecular weight is 1620 g/mol. The second-order valence-electron chi connectivity index (χ2n) is 32.2. The summed E-state index contributed by atoms with van der Waals surface area (Å²) in [6, 6.07) is 5.89. The molecule has 0 radical (unpaired) electrons. The number of hydrogen-bond donors (Lipinski definition) is 8. The summed E-state index contributed by atoms with van der Waals surface area (Å²) in [6.45, 7) is 20.0. The Kier molecular flexibility index (Phi) is 38.1. The number of urea groups is 1. The number of methoxy groups -OCH3 is 2. The number of carbonyl (C=O) groups excluding carboxylic acids is 14. The number of thioether (sulfide) groups is 1. The molecule has 636 valence electrons. The molecule has 2 aromatic carbocycles. The van der Waals surface area contributed by atoms with Crippen LogP contribution in [0.5, 0.6) is 0 Å². The summed E-state index contributed by atoms with van der Waals surface area (Å²) in [4.78, 5) is 197. The highest BCUT2D eigenvalue weighted by molar-refractivity contribution is 8.00. The Bertz CT molecular complexity index is 3640.